The molecule has 0 spiro atoms. The van der Waals surface area contributed by atoms with Crippen molar-refractivity contribution in [3.63, 3.8) is 0 Å². The molecular formula is C20H24IN3O2. The predicted octanol–water partition coefficient (Wildman–Crippen LogP) is 3.75. The van der Waals surface area contributed by atoms with Crippen LogP contribution in [0.3, 0.4) is 0 Å². The van der Waals surface area contributed by atoms with Gasteiger partial charge in [0.05, 0.1) is 13.2 Å². The number of halogens is 1. The van der Waals surface area contributed by atoms with Crippen LogP contribution in [0.4, 0.5) is 0 Å². The largest absolute Gasteiger partial charge is 0.459 e. The van der Waals surface area contributed by atoms with E-state index in [-0.39, 0.29) is 30.6 Å². The van der Waals surface area contributed by atoms with Gasteiger partial charge in [-0.15, -0.1) is 24.0 Å². The number of nitrogens with one attached hydrogen (secondary N) is 1. The van der Waals surface area contributed by atoms with Crippen molar-refractivity contribution in [3.05, 3.63) is 71.5 Å². The monoisotopic (exact) mass is 465 g/mol. The number of hydrogen-bond acceptors (Lipinski definition) is 3. The molecule has 2 aromatic carbocycles. The molecule has 0 aliphatic rings. The Morgan fingerprint density at radius 2 is 1.88 bits per heavy atom. The van der Waals surface area contributed by atoms with Crippen LogP contribution in [0.15, 0.2) is 64.0 Å². The summed E-state index contributed by atoms with van der Waals surface area (Å²) in [5.41, 5.74) is 2.91. The van der Waals surface area contributed by atoms with E-state index >= 15 is 0 Å². The van der Waals surface area contributed by atoms with E-state index in [1.165, 1.54) is 0 Å². The Morgan fingerprint density at radius 3 is 2.62 bits per heavy atom. The Hall–Kier alpha value is -2.06. The quantitative estimate of drug-likeness (QED) is 0.343. The Labute approximate surface area is 170 Å². The second-order valence-corrected chi connectivity index (χ2v) is 5.99. The third kappa shape index (κ3) is 4.98. The van der Waals surface area contributed by atoms with Gasteiger partial charge in [-0.25, -0.2) is 0 Å². The van der Waals surface area contributed by atoms with Gasteiger partial charge in [-0.3, -0.25) is 4.99 Å². The molecule has 1 aromatic heterocycles. The molecular weight excluding hydrogens is 441 g/mol. The Morgan fingerprint density at radius 1 is 1.12 bits per heavy atom. The standard InChI is InChI=1S/C20H23N3O2.HI/c1-21-20(22-12-15-6-5-7-16(10-15)14-24)23(2)13-18-11-17-8-3-4-9-19(17)25-18;/h3-11,24H,12-14H2,1-2H3,(H,21,22);1H. The highest BCUT2D eigenvalue weighted by Gasteiger charge is 2.10. The molecule has 0 unspecified atom stereocenters. The van der Waals surface area contributed by atoms with Crippen LogP contribution in [0, 0.1) is 0 Å². The SMILES string of the molecule is CN=C(NCc1cccc(CO)c1)N(C)Cc1cc2ccccc2o1.I. The van der Waals surface area contributed by atoms with Gasteiger partial charge in [0.25, 0.3) is 0 Å². The highest BCUT2D eigenvalue weighted by atomic mass is 127. The minimum absolute atomic E-state index is 0. The zero-order valence-electron chi connectivity index (χ0n) is 15.0. The summed E-state index contributed by atoms with van der Waals surface area (Å²) in [5.74, 6) is 1.68. The molecule has 6 heteroatoms. The maximum Gasteiger partial charge on any atom is 0.194 e. The lowest BCUT2D eigenvalue weighted by Gasteiger charge is -2.21. The van der Waals surface area contributed by atoms with Crippen LogP contribution in [-0.2, 0) is 19.7 Å². The summed E-state index contributed by atoms with van der Waals surface area (Å²) in [7, 11) is 3.74. The van der Waals surface area contributed by atoms with Gasteiger partial charge < -0.3 is 19.7 Å². The van der Waals surface area contributed by atoms with Crippen molar-refractivity contribution in [3.8, 4) is 0 Å². The number of furan rings is 1. The molecule has 138 valence electrons. The Kier molecular flexibility index (Phi) is 7.47. The molecule has 5 nitrogen and oxygen atoms in total. The molecule has 0 saturated heterocycles. The number of aliphatic imine (C=N–C) groups is 1. The lowest BCUT2D eigenvalue weighted by Crippen LogP contribution is -2.37. The van der Waals surface area contributed by atoms with Gasteiger partial charge in [0.15, 0.2) is 5.96 Å². The van der Waals surface area contributed by atoms with Crippen molar-refractivity contribution in [2.45, 2.75) is 19.7 Å². The Balaban J connectivity index is 0.00000243. The maximum atomic E-state index is 9.24. The van der Waals surface area contributed by atoms with Gasteiger partial charge in [0.1, 0.15) is 11.3 Å². The van der Waals surface area contributed by atoms with Crippen molar-refractivity contribution < 1.29 is 9.52 Å². The van der Waals surface area contributed by atoms with Crippen LogP contribution < -0.4 is 5.32 Å². The number of aliphatic hydroxyl groups is 1. The molecule has 0 aliphatic heterocycles. The lowest BCUT2D eigenvalue weighted by atomic mass is 10.1. The van der Waals surface area contributed by atoms with Gasteiger partial charge in [0, 0.05) is 26.0 Å². The number of nitrogens with zero attached hydrogens (tertiary/aromatic N) is 2. The molecule has 0 aliphatic carbocycles. The molecule has 0 radical (unpaired) electrons. The van der Waals surface area contributed by atoms with Gasteiger partial charge in [-0.1, -0.05) is 42.5 Å². The lowest BCUT2D eigenvalue weighted by molar-refractivity contribution is 0.281. The van der Waals surface area contributed by atoms with Crippen LogP contribution in [0.5, 0.6) is 0 Å². The molecule has 0 saturated carbocycles. The minimum atomic E-state index is 0. The first kappa shape index (κ1) is 20.3. The topological polar surface area (TPSA) is 61.0 Å². The van der Waals surface area contributed by atoms with Gasteiger partial charge in [0.2, 0.25) is 0 Å². The van der Waals surface area contributed by atoms with E-state index in [2.05, 4.69) is 16.4 Å². The van der Waals surface area contributed by atoms with Crippen LogP contribution >= 0.6 is 24.0 Å². The molecule has 0 atom stereocenters. The third-order valence-corrected chi connectivity index (χ3v) is 4.07. The first-order chi connectivity index (χ1) is 12.2. The minimum Gasteiger partial charge on any atom is -0.459 e. The zero-order valence-corrected chi connectivity index (χ0v) is 17.3. The summed E-state index contributed by atoms with van der Waals surface area (Å²) >= 11 is 0. The van der Waals surface area contributed by atoms with Gasteiger partial charge in [-0.05, 0) is 23.3 Å². The van der Waals surface area contributed by atoms with E-state index < -0.39 is 0 Å². The number of aliphatic hydroxyl groups excluding tert-OH is 1. The average molecular weight is 465 g/mol. The van der Waals surface area contributed by atoms with Gasteiger partial charge >= 0.3 is 0 Å². The second kappa shape index (κ2) is 9.59. The van der Waals surface area contributed by atoms with Gasteiger partial charge in [-0.2, -0.15) is 0 Å². The maximum absolute atomic E-state index is 9.24. The smallest absolute Gasteiger partial charge is 0.194 e. The third-order valence-electron chi connectivity index (χ3n) is 4.07. The predicted molar refractivity (Wildman–Crippen MR) is 116 cm³/mol. The molecule has 0 amide bonds. The van der Waals surface area contributed by atoms with E-state index in [1.807, 2.05) is 60.5 Å². The summed E-state index contributed by atoms with van der Waals surface area (Å²) < 4.78 is 5.87. The second-order valence-electron chi connectivity index (χ2n) is 5.99. The van der Waals surface area contributed by atoms with E-state index in [0.29, 0.717) is 13.1 Å². The summed E-state index contributed by atoms with van der Waals surface area (Å²) in [6, 6.07) is 17.9. The fourth-order valence-corrected chi connectivity index (χ4v) is 2.83. The molecule has 3 rings (SSSR count). The summed E-state index contributed by atoms with van der Waals surface area (Å²) in [4.78, 5) is 6.36. The van der Waals surface area contributed by atoms with Crippen molar-refractivity contribution in [1.29, 1.82) is 0 Å². The molecule has 26 heavy (non-hydrogen) atoms. The number of para-hydroxylation sites is 1. The zero-order chi connectivity index (χ0) is 17.6. The van der Waals surface area contributed by atoms with E-state index in [0.717, 1.165) is 33.8 Å². The fraction of sp³-hybridized carbons (Fsp3) is 0.250. The fourth-order valence-electron chi connectivity index (χ4n) is 2.83. The molecule has 1 heterocycles. The summed E-state index contributed by atoms with van der Waals surface area (Å²) in [5, 5.41) is 13.7. The van der Waals surface area contributed by atoms with Crippen molar-refractivity contribution in [2.75, 3.05) is 14.1 Å². The van der Waals surface area contributed by atoms with Crippen molar-refractivity contribution in [1.82, 2.24) is 10.2 Å². The van der Waals surface area contributed by atoms with Crippen LogP contribution in [-0.4, -0.2) is 30.1 Å². The van der Waals surface area contributed by atoms with Crippen LogP contribution in [0.1, 0.15) is 16.9 Å². The molecule has 3 aromatic rings. The van der Waals surface area contributed by atoms with Crippen molar-refractivity contribution in [2.24, 2.45) is 4.99 Å². The van der Waals surface area contributed by atoms with E-state index in [4.69, 9.17) is 4.42 Å². The van der Waals surface area contributed by atoms with Crippen LogP contribution in [0.25, 0.3) is 11.0 Å². The molecule has 0 fully saturated rings. The number of hydrogen-bond donors (Lipinski definition) is 2. The average Bonchev–Trinajstić information content (AvgIpc) is 3.04. The molecule has 0 bridgehead atoms. The number of guanidine groups is 1. The number of rotatable bonds is 5. The molecule has 2 N–H and O–H groups in total. The van der Waals surface area contributed by atoms with E-state index in [9.17, 15) is 5.11 Å². The number of benzene rings is 2. The Bertz CT molecular complexity index is 843. The van der Waals surface area contributed by atoms with Crippen LogP contribution in [0.2, 0.25) is 0 Å². The highest BCUT2D eigenvalue weighted by molar-refractivity contribution is 14.0. The normalized spacial score (nSPS) is 11.3. The number of fused-ring (bicyclic) bond motifs is 1. The first-order valence-electron chi connectivity index (χ1n) is 8.27. The van der Waals surface area contributed by atoms with Crippen molar-refractivity contribution >= 4 is 40.9 Å². The first-order valence-corrected chi connectivity index (χ1v) is 8.27. The van der Waals surface area contributed by atoms with E-state index in [1.54, 1.807) is 7.05 Å². The highest BCUT2D eigenvalue weighted by Crippen LogP contribution is 2.19. The summed E-state index contributed by atoms with van der Waals surface area (Å²) in [6.45, 7) is 1.32. The summed E-state index contributed by atoms with van der Waals surface area (Å²) in [6.07, 6.45) is 0.